The summed E-state index contributed by atoms with van der Waals surface area (Å²) < 4.78 is 0. The summed E-state index contributed by atoms with van der Waals surface area (Å²) in [5, 5.41) is 0. The van der Waals surface area contributed by atoms with E-state index in [0.717, 1.165) is 12.8 Å². The summed E-state index contributed by atoms with van der Waals surface area (Å²) in [6.07, 6.45) is 13.2. The Labute approximate surface area is 154 Å². The van der Waals surface area contributed by atoms with Gasteiger partial charge in [-0.05, 0) is 57.4 Å². The lowest BCUT2D eigenvalue weighted by Gasteiger charge is -2.13. The molecule has 26 heavy (non-hydrogen) atoms. The van der Waals surface area contributed by atoms with Crippen molar-refractivity contribution < 1.29 is 0 Å². The van der Waals surface area contributed by atoms with Gasteiger partial charge in [-0.1, -0.05) is 97.1 Å². The molecule has 0 aliphatic heterocycles. The Bertz CT molecular complexity index is 1060. The average molecular weight is 332 g/mol. The number of fused-ring (bicyclic) bond motifs is 5. The van der Waals surface area contributed by atoms with Crippen LogP contribution in [-0.4, -0.2) is 0 Å². The van der Waals surface area contributed by atoms with Crippen molar-refractivity contribution in [1.29, 1.82) is 0 Å². The van der Waals surface area contributed by atoms with Crippen LogP contribution in [-0.2, 0) is 12.8 Å². The molecule has 0 saturated carbocycles. The first kappa shape index (κ1) is 15.2. The number of hydrogen-bond acceptors (Lipinski definition) is 0. The summed E-state index contributed by atoms with van der Waals surface area (Å²) in [6.45, 7) is 0. The van der Waals surface area contributed by atoms with Crippen molar-refractivity contribution in [2.45, 2.75) is 12.8 Å². The minimum Gasteiger partial charge on any atom is -0.0622 e. The minimum atomic E-state index is 0.960. The predicted molar refractivity (Wildman–Crippen MR) is 111 cm³/mol. The summed E-state index contributed by atoms with van der Waals surface area (Å²) in [5.74, 6) is 0. The Balaban J connectivity index is 1.63. The van der Waals surface area contributed by atoms with Gasteiger partial charge in [-0.3, -0.25) is 0 Å². The van der Waals surface area contributed by atoms with Gasteiger partial charge in [0.25, 0.3) is 0 Å². The monoisotopic (exact) mass is 332 g/mol. The van der Waals surface area contributed by atoms with Crippen LogP contribution in [0, 0.1) is 0 Å². The molecule has 0 heterocycles. The molecule has 0 saturated heterocycles. The van der Waals surface area contributed by atoms with Crippen molar-refractivity contribution in [3.63, 3.8) is 0 Å². The second-order valence-electron chi connectivity index (χ2n) is 7.03. The van der Waals surface area contributed by atoms with Gasteiger partial charge in [-0.15, -0.1) is 0 Å². The molecule has 0 amide bonds. The topological polar surface area (TPSA) is 0 Å². The number of benzene rings is 3. The third-order valence-corrected chi connectivity index (χ3v) is 5.34. The summed E-state index contributed by atoms with van der Waals surface area (Å²) in [5.41, 5.74) is 11.1. The highest BCUT2D eigenvalue weighted by molar-refractivity contribution is 5.85. The van der Waals surface area contributed by atoms with Crippen molar-refractivity contribution in [3.05, 3.63) is 118 Å². The zero-order valence-electron chi connectivity index (χ0n) is 14.7. The SMILES string of the molecule is C1=C\C(Cc2ccccc2)=C/c2c(ccc3c2Cc2ccccc2-3)\C=C/1. The van der Waals surface area contributed by atoms with E-state index in [1.165, 1.54) is 44.5 Å². The lowest BCUT2D eigenvalue weighted by atomic mass is 9.91. The Morgan fingerprint density at radius 1 is 0.692 bits per heavy atom. The zero-order chi connectivity index (χ0) is 17.3. The highest BCUT2D eigenvalue weighted by Crippen LogP contribution is 2.40. The van der Waals surface area contributed by atoms with Crippen molar-refractivity contribution in [1.82, 2.24) is 0 Å². The summed E-state index contributed by atoms with van der Waals surface area (Å²) in [7, 11) is 0. The largest absolute Gasteiger partial charge is 0.0622 e. The van der Waals surface area contributed by atoms with Crippen LogP contribution in [0.2, 0.25) is 0 Å². The van der Waals surface area contributed by atoms with E-state index in [1.54, 1.807) is 0 Å². The average Bonchev–Trinajstić information content (AvgIpc) is 3.04. The molecular formula is C26H20. The molecule has 0 aromatic heterocycles. The Hall–Kier alpha value is -3.12. The Morgan fingerprint density at radius 2 is 1.50 bits per heavy atom. The van der Waals surface area contributed by atoms with Crippen LogP contribution in [0.3, 0.4) is 0 Å². The molecule has 0 nitrogen and oxygen atoms in total. The van der Waals surface area contributed by atoms with Gasteiger partial charge < -0.3 is 0 Å². The van der Waals surface area contributed by atoms with Gasteiger partial charge in [-0.25, -0.2) is 0 Å². The van der Waals surface area contributed by atoms with Gasteiger partial charge in [0.05, 0.1) is 0 Å². The van der Waals surface area contributed by atoms with Crippen LogP contribution in [0.15, 0.2) is 90.5 Å². The van der Waals surface area contributed by atoms with Crippen LogP contribution in [0.5, 0.6) is 0 Å². The Kier molecular flexibility index (Phi) is 3.68. The molecule has 3 aromatic rings. The highest BCUT2D eigenvalue weighted by Gasteiger charge is 2.21. The normalized spacial score (nSPS) is 18.5. The van der Waals surface area contributed by atoms with Crippen molar-refractivity contribution in [3.8, 4) is 11.1 Å². The molecule has 124 valence electrons. The molecule has 0 fully saturated rings. The summed E-state index contributed by atoms with van der Waals surface area (Å²) in [4.78, 5) is 0. The van der Waals surface area contributed by atoms with E-state index in [0.29, 0.717) is 0 Å². The maximum absolute atomic E-state index is 2.40. The number of allylic oxidation sites excluding steroid dienone is 4. The third kappa shape index (κ3) is 2.64. The van der Waals surface area contributed by atoms with Crippen LogP contribution in [0.1, 0.15) is 27.8 Å². The smallest absolute Gasteiger partial charge is 0.000728 e. The molecule has 0 heteroatoms. The van der Waals surface area contributed by atoms with Crippen LogP contribution < -0.4 is 0 Å². The van der Waals surface area contributed by atoms with Gasteiger partial charge in [0.15, 0.2) is 0 Å². The van der Waals surface area contributed by atoms with Gasteiger partial charge in [-0.2, -0.15) is 0 Å². The summed E-state index contributed by atoms with van der Waals surface area (Å²) in [6, 6.07) is 24.1. The molecule has 0 unspecified atom stereocenters. The van der Waals surface area contributed by atoms with Crippen LogP contribution in [0.4, 0.5) is 0 Å². The molecule has 0 spiro atoms. The first-order valence-electron chi connectivity index (χ1n) is 9.22. The van der Waals surface area contributed by atoms with Gasteiger partial charge in [0, 0.05) is 0 Å². The van der Waals surface area contributed by atoms with Crippen molar-refractivity contribution >= 4 is 12.2 Å². The van der Waals surface area contributed by atoms with E-state index in [2.05, 4.69) is 97.1 Å². The molecule has 0 radical (unpaired) electrons. The standard InChI is InChI=1S/C26H20/c1-2-8-19(9-3-1)16-20-10-4-5-11-21-14-15-24-23-13-7-6-12-22(23)18-26(24)25(21)17-20/h1-15,17H,16,18H2/b5-4?,10-4-,11-5-,20-10?,20-17+,21-11?,25-17?. The molecule has 0 bridgehead atoms. The van der Waals surface area contributed by atoms with E-state index >= 15 is 0 Å². The molecule has 0 N–H and O–H groups in total. The van der Waals surface area contributed by atoms with E-state index in [-0.39, 0.29) is 0 Å². The zero-order valence-corrected chi connectivity index (χ0v) is 14.7. The van der Waals surface area contributed by atoms with Crippen LogP contribution in [0.25, 0.3) is 23.3 Å². The van der Waals surface area contributed by atoms with Gasteiger partial charge in [0.1, 0.15) is 0 Å². The molecule has 0 atom stereocenters. The van der Waals surface area contributed by atoms with E-state index < -0.39 is 0 Å². The first-order chi connectivity index (χ1) is 12.9. The third-order valence-electron chi connectivity index (χ3n) is 5.34. The first-order valence-corrected chi connectivity index (χ1v) is 9.22. The molecule has 2 aliphatic carbocycles. The van der Waals surface area contributed by atoms with E-state index in [1.807, 2.05) is 0 Å². The fourth-order valence-corrected chi connectivity index (χ4v) is 4.08. The van der Waals surface area contributed by atoms with Crippen molar-refractivity contribution in [2.75, 3.05) is 0 Å². The Morgan fingerprint density at radius 3 is 2.42 bits per heavy atom. The quantitative estimate of drug-likeness (QED) is 0.395. The number of hydrogen-bond donors (Lipinski definition) is 0. The van der Waals surface area contributed by atoms with Crippen LogP contribution >= 0.6 is 0 Å². The maximum atomic E-state index is 2.40. The predicted octanol–water partition coefficient (Wildman–Crippen LogP) is 6.47. The molecular weight excluding hydrogens is 312 g/mol. The van der Waals surface area contributed by atoms with Gasteiger partial charge in [0.2, 0.25) is 0 Å². The maximum Gasteiger partial charge on any atom is -0.000728 e. The van der Waals surface area contributed by atoms with E-state index in [4.69, 9.17) is 0 Å². The minimum absolute atomic E-state index is 0.960. The van der Waals surface area contributed by atoms with E-state index in [9.17, 15) is 0 Å². The van der Waals surface area contributed by atoms with Crippen molar-refractivity contribution in [2.24, 2.45) is 0 Å². The second kappa shape index (κ2) is 6.31. The highest BCUT2D eigenvalue weighted by atomic mass is 14.2. The molecule has 3 aromatic carbocycles. The lowest BCUT2D eigenvalue weighted by Crippen LogP contribution is -1.95. The molecule has 5 rings (SSSR count). The summed E-state index contributed by atoms with van der Waals surface area (Å²) >= 11 is 0. The fourth-order valence-electron chi connectivity index (χ4n) is 4.08. The number of rotatable bonds is 2. The molecule has 2 aliphatic rings. The fraction of sp³-hybridized carbons (Fsp3) is 0.0769. The van der Waals surface area contributed by atoms with Gasteiger partial charge >= 0.3 is 0 Å². The lowest BCUT2D eigenvalue weighted by molar-refractivity contribution is 1.20. The second-order valence-corrected chi connectivity index (χ2v) is 7.03.